The third-order valence-electron chi connectivity index (χ3n) is 8.12. The molecule has 3 saturated heterocycles. The Labute approximate surface area is 204 Å². The molecule has 1 aliphatic carbocycles. The Morgan fingerprint density at radius 1 is 1.06 bits per heavy atom. The topological polar surface area (TPSA) is 102 Å². The standard InChI is InChI=1S/C26H32N2O7/c1-15(29)12-21-26-18(14-22(30)35-26)24(31)28(19-11-10-17(33-2)13-20(19)34-3)23(26)25(32)27(21)16-8-6-4-5-7-9-16/h10-11,13,16,18,21,23H,4-9,12,14H2,1-3H3. The molecule has 9 heteroatoms. The number of nitrogens with zero attached hydrogens (tertiary/aromatic N) is 2. The number of ketones is 1. The highest BCUT2D eigenvalue weighted by molar-refractivity contribution is 6.12. The molecule has 3 aliphatic heterocycles. The molecule has 0 N–H and O–H groups in total. The monoisotopic (exact) mass is 484 g/mol. The molecule has 4 fully saturated rings. The molecule has 4 atom stereocenters. The molecule has 4 unspecified atom stereocenters. The fourth-order valence-electron chi connectivity index (χ4n) is 6.70. The molecule has 4 aliphatic rings. The molecule has 188 valence electrons. The van der Waals surface area contributed by atoms with Gasteiger partial charge in [0.1, 0.15) is 17.3 Å². The number of anilines is 1. The average Bonchev–Trinajstić information content (AvgIpc) is 3.23. The highest BCUT2D eigenvalue weighted by atomic mass is 16.6. The zero-order valence-electron chi connectivity index (χ0n) is 20.5. The highest BCUT2D eigenvalue weighted by Crippen LogP contribution is 2.56. The lowest BCUT2D eigenvalue weighted by atomic mass is 9.79. The second-order valence-electron chi connectivity index (χ2n) is 10.0. The molecule has 9 nitrogen and oxygen atoms in total. The Morgan fingerprint density at radius 2 is 1.77 bits per heavy atom. The van der Waals surface area contributed by atoms with E-state index in [9.17, 15) is 19.2 Å². The molecule has 0 radical (unpaired) electrons. The Bertz CT molecular complexity index is 1060. The molecule has 3 heterocycles. The van der Waals surface area contributed by atoms with Gasteiger partial charge in [0.05, 0.1) is 38.3 Å². The summed E-state index contributed by atoms with van der Waals surface area (Å²) in [4.78, 5) is 56.4. The molecule has 5 rings (SSSR count). The van der Waals surface area contributed by atoms with Crippen LogP contribution in [0.3, 0.4) is 0 Å². The van der Waals surface area contributed by atoms with Crippen molar-refractivity contribution in [3.63, 3.8) is 0 Å². The van der Waals surface area contributed by atoms with Crippen LogP contribution in [-0.4, -0.2) is 66.4 Å². The number of likely N-dealkylation sites (tertiary alicyclic amines) is 1. The van der Waals surface area contributed by atoms with Crippen molar-refractivity contribution in [1.29, 1.82) is 0 Å². The third kappa shape index (κ3) is 3.50. The maximum absolute atomic E-state index is 14.3. The van der Waals surface area contributed by atoms with Gasteiger partial charge < -0.3 is 19.1 Å². The second kappa shape index (κ2) is 8.84. The van der Waals surface area contributed by atoms with Crippen molar-refractivity contribution in [2.45, 2.75) is 82.0 Å². The van der Waals surface area contributed by atoms with Gasteiger partial charge in [0.2, 0.25) is 5.91 Å². The molecular formula is C26H32N2O7. The molecule has 1 spiro atoms. The Hall–Kier alpha value is -3.10. The van der Waals surface area contributed by atoms with Crippen LogP contribution in [0.25, 0.3) is 0 Å². The number of rotatable bonds is 6. The molecule has 0 aromatic heterocycles. The number of Topliss-reactive ketones (excluding diaryl/α,β-unsaturated/α-hetero) is 1. The predicted molar refractivity (Wildman–Crippen MR) is 125 cm³/mol. The van der Waals surface area contributed by atoms with Crippen LogP contribution >= 0.6 is 0 Å². The van der Waals surface area contributed by atoms with E-state index < -0.39 is 29.6 Å². The molecule has 0 bridgehead atoms. The smallest absolute Gasteiger partial charge is 0.307 e. The van der Waals surface area contributed by atoms with Gasteiger partial charge in [-0.1, -0.05) is 25.7 Å². The number of esters is 1. The van der Waals surface area contributed by atoms with Gasteiger partial charge in [0.15, 0.2) is 11.6 Å². The van der Waals surface area contributed by atoms with Crippen LogP contribution in [0.1, 0.15) is 58.3 Å². The van der Waals surface area contributed by atoms with Crippen LogP contribution in [0.5, 0.6) is 11.5 Å². The fourth-order valence-corrected chi connectivity index (χ4v) is 6.70. The average molecular weight is 485 g/mol. The number of benzene rings is 1. The fraction of sp³-hybridized carbons (Fsp3) is 0.615. The van der Waals surface area contributed by atoms with Crippen molar-refractivity contribution in [3.05, 3.63) is 18.2 Å². The summed E-state index contributed by atoms with van der Waals surface area (Å²) in [6.45, 7) is 1.48. The summed E-state index contributed by atoms with van der Waals surface area (Å²) < 4.78 is 16.9. The first-order chi connectivity index (χ1) is 16.8. The van der Waals surface area contributed by atoms with Crippen LogP contribution in [0.15, 0.2) is 18.2 Å². The molecule has 1 aromatic rings. The summed E-state index contributed by atoms with van der Waals surface area (Å²) in [5, 5.41) is 0. The molecule has 1 saturated carbocycles. The van der Waals surface area contributed by atoms with E-state index in [1.165, 1.54) is 26.0 Å². The van der Waals surface area contributed by atoms with Gasteiger partial charge in [-0.2, -0.15) is 0 Å². The van der Waals surface area contributed by atoms with E-state index in [-0.39, 0.29) is 36.5 Å². The van der Waals surface area contributed by atoms with Crippen LogP contribution in [0.4, 0.5) is 5.69 Å². The summed E-state index contributed by atoms with van der Waals surface area (Å²) >= 11 is 0. The van der Waals surface area contributed by atoms with Crippen molar-refractivity contribution in [2.24, 2.45) is 5.92 Å². The number of ether oxygens (including phenoxy) is 3. The summed E-state index contributed by atoms with van der Waals surface area (Å²) in [6, 6.07) is 3.28. The lowest BCUT2D eigenvalue weighted by molar-refractivity contribution is -0.153. The van der Waals surface area contributed by atoms with E-state index >= 15 is 0 Å². The minimum atomic E-state index is -1.39. The van der Waals surface area contributed by atoms with E-state index in [1.54, 1.807) is 23.1 Å². The summed E-state index contributed by atoms with van der Waals surface area (Å²) in [6.07, 6.45) is 5.82. The molecular weight excluding hydrogens is 452 g/mol. The number of hydrogen-bond donors (Lipinski definition) is 0. The van der Waals surface area contributed by atoms with E-state index in [4.69, 9.17) is 14.2 Å². The molecule has 35 heavy (non-hydrogen) atoms. The number of hydrogen-bond acceptors (Lipinski definition) is 7. The maximum atomic E-state index is 14.3. The summed E-state index contributed by atoms with van der Waals surface area (Å²) in [5.74, 6) is -1.13. The minimum absolute atomic E-state index is 0.0450. The van der Waals surface area contributed by atoms with E-state index in [0.29, 0.717) is 17.2 Å². The molecule has 2 amide bonds. The zero-order valence-corrected chi connectivity index (χ0v) is 20.5. The van der Waals surface area contributed by atoms with E-state index in [0.717, 1.165) is 38.5 Å². The van der Waals surface area contributed by atoms with E-state index in [2.05, 4.69) is 0 Å². The van der Waals surface area contributed by atoms with Gasteiger partial charge in [-0.3, -0.25) is 24.1 Å². The van der Waals surface area contributed by atoms with Crippen molar-refractivity contribution < 1.29 is 33.4 Å². The summed E-state index contributed by atoms with van der Waals surface area (Å²) in [5.41, 5.74) is -0.973. The highest BCUT2D eigenvalue weighted by Gasteiger charge is 2.77. The van der Waals surface area contributed by atoms with Gasteiger partial charge in [-0.25, -0.2) is 0 Å². The lowest BCUT2D eigenvalue weighted by Gasteiger charge is -2.38. The lowest BCUT2D eigenvalue weighted by Crippen LogP contribution is -2.54. The third-order valence-corrected chi connectivity index (χ3v) is 8.12. The van der Waals surface area contributed by atoms with Crippen LogP contribution in [-0.2, 0) is 23.9 Å². The van der Waals surface area contributed by atoms with Crippen LogP contribution in [0.2, 0.25) is 0 Å². The van der Waals surface area contributed by atoms with Gasteiger partial charge in [0.25, 0.3) is 5.91 Å². The first kappa shape index (κ1) is 23.6. The van der Waals surface area contributed by atoms with Crippen molar-refractivity contribution in [1.82, 2.24) is 4.90 Å². The SMILES string of the molecule is COc1ccc(N2C(=O)C3CC(=O)OC34C2C(=O)N(C2CCCCCC2)C4CC(C)=O)c(OC)c1. The van der Waals surface area contributed by atoms with Crippen LogP contribution < -0.4 is 14.4 Å². The zero-order chi connectivity index (χ0) is 24.9. The normalized spacial score (nSPS) is 30.7. The number of amides is 2. The largest absolute Gasteiger partial charge is 0.497 e. The first-order valence-corrected chi connectivity index (χ1v) is 12.4. The van der Waals surface area contributed by atoms with Gasteiger partial charge >= 0.3 is 5.97 Å². The van der Waals surface area contributed by atoms with Gasteiger partial charge in [0, 0.05) is 18.5 Å². The van der Waals surface area contributed by atoms with Crippen molar-refractivity contribution >= 4 is 29.3 Å². The Morgan fingerprint density at radius 3 is 2.40 bits per heavy atom. The number of carbonyl (C=O) groups excluding carboxylic acids is 4. The minimum Gasteiger partial charge on any atom is -0.497 e. The molecule has 1 aromatic carbocycles. The van der Waals surface area contributed by atoms with Crippen molar-refractivity contribution in [2.75, 3.05) is 19.1 Å². The first-order valence-electron chi connectivity index (χ1n) is 12.4. The summed E-state index contributed by atoms with van der Waals surface area (Å²) in [7, 11) is 3.02. The maximum Gasteiger partial charge on any atom is 0.307 e. The number of carbonyl (C=O) groups is 4. The predicted octanol–water partition coefficient (Wildman–Crippen LogP) is 2.63. The van der Waals surface area contributed by atoms with Crippen LogP contribution in [0, 0.1) is 5.92 Å². The quantitative estimate of drug-likeness (QED) is 0.452. The van der Waals surface area contributed by atoms with Gasteiger partial charge in [-0.05, 0) is 31.9 Å². The Balaban J connectivity index is 1.66. The second-order valence-corrected chi connectivity index (χ2v) is 10.0. The van der Waals surface area contributed by atoms with Crippen molar-refractivity contribution in [3.8, 4) is 11.5 Å². The number of methoxy groups -OCH3 is 2. The van der Waals surface area contributed by atoms with E-state index in [1.807, 2.05) is 0 Å². The van der Waals surface area contributed by atoms with Gasteiger partial charge in [-0.15, -0.1) is 0 Å². The Kier molecular flexibility index (Phi) is 5.97.